The Morgan fingerprint density at radius 1 is 1.12 bits per heavy atom. The molecule has 32 heavy (non-hydrogen) atoms. The van der Waals surface area contributed by atoms with E-state index >= 15 is 0 Å². The molecule has 2 heterocycles. The van der Waals surface area contributed by atoms with Gasteiger partial charge in [-0.1, -0.05) is 12.1 Å². The van der Waals surface area contributed by atoms with Crippen LogP contribution in [0.4, 0.5) is 15.9 Å². The summed E-state index contributed by atoms with van der Waals surface area (Å²) >= 11 is 0. The van der Waals surface area contributed by atoms with Gasteiger partial charge in [-0.25, -0.2) is 14.4 Å². The van der Waals surface area contributed by atoms with Gasteiger partial charge in [-0.3, -0.25) is 4.79 Å². The Labute approximate surface area is 186 Å². The lowest BCUT2D eigenvalue weighted by Crippen LogP contribution is -2.49. The first-order chi connectivity index (χ1) is 15.5. The summed E-state index contributed by atoms with van der Waals surface area (Å²) in [6.45, 7) is 1.93. The summed E-state index contributed by atoms with van der Waals surface area (Å²) in [6.07, 6.45) is 7.15. The number of fused-ring (bicyclic) bond motifs is 2. The fourth-order valence-electron chi connectivity index (χ4n) is 5.25. The molecular weight excluding hydrogens is 403 g/mol. The number of halogens is 1. The third-order valence-corrected chi connectivity index (χ3v) is 7.30. The fraction of sp³-hybridized carbons (Fsp3) is 0.346. The zero-order valence-electron chi connectivity index (χ0n) is 18.0. The minimum absolute atomic E-state index is 0.155. The van der Waals surface area contributed by atoms with Crippen molar-refractivity contribution >= 4 is 17.4 Å². The van der Waals surface area contributed by atoms with Crippen LogP contribution in [-0.4, -0.2) is 21.9 Å². The normalized spacial score (nSPS) is 22.4. The van der Waals surface area contributed by atoms with Crippen LogP contribution >= 0.6 is 0 Å². The summed E-state index contributed by atoms with van der Waals surface area (Å²) in [5.41, 5.74) is 3.85. The Kier molecular flexibility index (Phi) is 4.32. The second-order valence-electron chi connectivity index (χ2n) is 9.33. The first-order valence-electron chi connectivity index (χ1n) is 11.3. The number of anilines is 2. The maximum atomic E-state index is 13.2. The lowest BCUT2D eigenvalue weighted by Gasteiger charge is -2.49. The van der Waals surface area contributed by atoms with Crippen molar-refractivity contribution < 1.29 is 9.18 Å². The first kappa shape index (κ1) is 19.4. The van der Waals surface area contributed by atoms with E-state index in [1.165, 1.54) is 48.4 Å². The number of carbonyl (C=O) groups excluding carboxylic acids is 1. The van der Waals surface area contributed by atoms with Crippen molar-refractivity contribution in [2.45, 2.75) is 50.6 Å². The molecule has 1 amide bonds. The van der Waals surface area contributed by atoms with Crippen LogP contribution in [-0.2, 0) is 12.0 Å². The Hall–Kier alpha value is -3.28. The fourth-order valence-corrected chi connectivity index (χ4v) is 5.25. The van der Waals surface area contributed by atoms with E-state index in [9.17, 15) is 9.18 Å². The zero-order valence-corrected chi connectivity index (χ0v) is 18.0. The predicted molar refractivity (Wildman–Crippen MR) is 120 cm³/mol. The molecule has 0 bridgehead atoms. The second-order valence-corrected chi connectivity index (χ2v) is 9.33. The average Bonchev–Trinajstić information content (AvgIpc) is 3.55. The zero-order chi connectivity index (χ0) is 21.9. The molecule has 3 aliphatic rings. The lowest BCUT2D eigenvalue weighted by molar-refractivity contribution is 0.0930. The molecule has 2 fully saturated rings. The van der Waals surface area contributed by atoms with E-state index in [4.69, 9.17) is 4.98 Å². The van der Waals surface area contributed by atoms with Crippen molar-refractivity contribution in [1.82, 2.24) is 15.3 Å². The van der Waals surface area contributed by atoms with Crippen molar-refractivity contribution in [1.29, 1.82) is 0 Å². The minimum atomic E-state index is -0.338. The molecule has 162 valence electrons. The average molecular weight is 429 g/mol. The molecule has 5 nitrogen and oxygen atoms in total. The molecule has 0 spiro atoms. The molecule has 6 heteroatoms. The predicted octanol–water partition coefficient (Wildman–Crippen LogP) is 4.82. The van der Waals surface area contributed by atoms with Gasteiger partial charge in [0.05, 0.1) is 5.54 Å². The molecule has 1 aliphatic heterocycles. The van der Waals surface area contributed by atoms with E-state index < -0.39 is 0 Å². The number of nitrogens with zero attached hydrogens (tertiary/aromatic N) is 3. The summed E-state index contributed by atoms with van der Waals surface area (Å²) in [7, 11) is 0. The second kappa shape index (κ2) is 7.12. The molecule has 2 saturated carbocycles. The molecule has 0 radical (unpaired) electrons. The maximum absolute atomic E-state index is 13.2. The molecule has 6 rings (SSSR count). The Morgan fingerprint density at radius 3 is 2.62 bits per heavy atom. The van der Waals surface area contributed by atoms with Gasteiger partial charge in [0.15, 0.2) is 0 Å². The van der Waals surface area contributed by atoms with Crippen molar-refractivity contribution in [2.75, 3.05) is 4.90 Å². The Bertz CT molecular complexity index is 1200. The van der Waals surface area contributed by atoms with Gasteiger partial charge in [0, 0.05) is 23.5 Å². The number of aryl methyl sites for hydroxylation is 1. The van der Waals surface area contributed by atoms with Crippen LogP contribution < -0.4 is 10.2 Å². The lowest BCUT2D eigenvalue weighted by atomic mass is 9.71. The van der Waals surface area contributed by atoms with E-state index in [1.807, 2.05) is 19.2 Å². The van der Waals surface area contributed by atoms with Crippen molar-refractivity contribution in [3.63, 3.8) is 0 Å². The van der Waals surface area contributed by atoms with Crippen LogP contribution in [0.3, 0.4) is 0 Å². The third-order valence-electron chi connectivity index (χ3n) is 7.30. The highest BCUT2D eigenvalue weighted by molar-refractivity contribution is 5.95. The summed E-state index contributed by atoms with van der Waals surface area (Å²) in [5.74, 6) is 1.89. The van der Waals surface area contributed by atoms with Gasteiger partial charge in [-0.2, -0.15) is 0 Å². The number of carbonyl (C=O) groups is 1. The van der Waals surface area contributed by atoms with Crippen LogP contribution in [0.15, 0.2) is 54.7 Å². The number of amides is 1. The Morgan fingerprint density at radius 2 is 1.94 bits per heavy atom. The highest BCUT2D eigenvalue weighted by Gasteiger charge is 2.47. The van der Waals surface area contributed by atoms with E-state index in [1.54, 1.807) is 0 Å². The number of nitrogens with one attached hydrogen (secondary N) is 1. The maximum Gasteiger partial charge on any atom is 0.251 e. The molecular formula is C26H25FN4O. The molecule has 2 unspecified atom stereocenters. The smallest absolute Gasteiger partial charge is 0.251 e. The van der Waals surface area contributed by atoms with Crippen LogP contribution in [0.2, 0.25) is 0 Å². The molecule has 2 aromatic carbocycles. The van der Waals surface area contributed by atoms with Gasteiger partial charge in [-0.15, -0.1) is 0 Å². The molecule has 1 N–H and O–H groups in total. The van der Waals surface area contributed by atoms with Gasteiger partial charge in [-0.05, 0) is 92.5 Å². The number of hydrogen-bond acceptors (Lipinski definition) is 4. The SMILES string of the molecule is Cc1nccc(N2c3ccc(C4(NC(=O)c5ccc(F)cc5)CC4)cc3CC3CCC32)n1. The highest BCUT2D eigenvalue weighted by Crippen LogP contribution is 2.51. The van der Waals surface area contributed by atoms with Gasteiger partial charge in [0.2, 0.25) is 0 Å². The molecule has 0 saturated heterocycles. The van der Waals surface area contributed by atoms with Crippen molar-refractivity contribution in [2.24, 2.45) is 5.92 Å². The van der Waals surface area contributed by atoms with Crippen LogP contribution in [0.25, 0.3) is 0 Å². The third kappa shape index (κ3) is 3.17. The summed E-state index contributed by atoms with van der Waals surface area (Å²) in [4.78, 5) is 24.2. The first-order valence-corrected chi connectivity index (χ1v) is 11.3. The Balaban J connectivity index is 1.32. The van der Waals surface area contributed by atoms with Crippen LogP contribution in [0.1, 0.15) is 53.0 Å². The van der Waals surface area contributed by atoms with E-state index in [0.29, 0.717) is 17.5 Å². The summed E-state index contributed by atoms with van der Waals surface area (Å²) in [6, 6.07) is 14.8. The van der Waals surface area contributed by atoms with Gasteiger partial charge >= 0.3 is 0 Å². The topological polar surface area (TPSA) is 58.1 Å². The van der Waals surface area contributed by atoms with Crippen molar-refractivity contribution in [3.05, 3.63) is 83.1 Å². The number of rotatable bonds is 4. The van der Waals surface area contributed by atoms with Gasteiger partial charge < -0.3 is 10.2 Å². The van der Waals surface area contributed by atoms with Crippen molar-refractivity contribution in [3.8, 4) is 0 Å². The molecule has 2 atom stereocenters. The quantitative estimate of drug-likeness (QED) is 0.648. The van der Waals surface area contributed by atoms with Crippen LogP contribution in [0, 0.1) is 18.7 Å². The van der Waals surface area contributed by atoms with E-state index in [-0.39, 0.29) is 17.3 Å². The largest absolute Gasteiger partial charge is 0.343 e. The highest BCUT2D eigenvalue weighted by atomic mass is 19.1. The monoisotopic (exact) mass is 428 g/mol. The molecule has 2 aliphatic carbocycles. The summed E-state index contributed by atoms with van der Waals surface area (Å²) in [5, 5.41) is 3.21. The van der Waals surface area contributed by atoms with E-state index in [0.717, 1.165) is 36.5 Å². The van der Waals surface area contributed by atoms with Gasteiger partial charge in [0.25, 0.3) is 5.91 Å². The standard InChI is InChI=1S/C26H25FN4O/c1-16-28-13-10-24(29-16)31-22-8-4-18(22)14-19-15-20(5-9-23(19)31)26(11-12-26)30-25(32)17-2-6-21(27)7-3-17/h2-3,5-7,9-10,13,15,18,22H,4,8,11-12,14H2,1H3,(H,30,32). The molecule has 3 aromatic rings. The minimum Gasteiger partial charge on any atom is -0.343 e. The molecule has 1 aromatic heterocycles. The van der Waals surface area contributed by atoms with Gasteiger partial charge in [0.1, 0.15) is 17.5 Å². The number of hydrogen-bond donors (Lipinski definition) is 1. The van der Waals surface area contributed by atoms with E-state index in [2.05, 4.69) is 33.4 Å². The number of benzene rings is 2. The number of aromatic nitrogens is 2. The van der Waals surface area contributed by atoms with Crippen LogP contribution in [0.5, 0.6) is 0 Å². The summed E-state index contributed by atoms with van der Waals surface area (Å²) < 4.78 is 13.2.